The molecular formula is C23H18FNO5S. The molecule has 0 aliphatic rings. The summed E-state index contributed by atoms with van der Waals surface area (Å²) < 4.78 is 48.7. The average molecular weight is 439 g/mol. The molecule has 4 aromatic rings. The van der Waals surface area contributed by atoms with Gasteiger partial charge in [-0.2, -0.15) is 0 Å². The van der Waals surface area contributed by atoms with Gasteiger partial charge in [0.15, 0.2) is 21.3 Å². The molecule has 31 heavy (non-hydrogen) atoms. The van der Waals surface area contributed by atoms with E-state index in [0.717, 1.165) is 6.26 Å². The monoisotopic (exact) mass is 439 g/mol. The number of hydrogen-bond acceptors (Lipinski definition) is 5. The first kappa shape index (κ1) is 20.6. The number of benzene rings is 3. The second kappa shape index (κ2) is 8.23. The lowest BCUT2D eigenvalue weighted by Gasteiger charge is -2.12. The van der Waals surface area contributed by atoms with Gasteiger partial charge in [0.2, 0.25) is 0 Å². The Morgan fingerprint density at radius 2 is 1.77 bits per heavy atom. The van der Waals surface area contributed by atoms with Crippen LogP contribution in [0.3, 0.4) is 0 Å². The van der Waals surface area contributed by atoms with E-state index < -0.39 is 21.6 Å². The zero-order valence-corrected chi connectivity index (χ0v) is 17.3. The molecule has 1 aromatic heterocycles. The van der Waals surface area contributed by atoms with E-state index in [1.54, 1.807) is 54.6 Å². The maximum absolute atomic E-state index is 13.5. The summed E-state index contributed by atoms with van der Waals surface area (Å²) in [6, 6.07) is 19.1. The van der Waals surface area contributed by atoms with E-state index in [1.807, 2.05) is 0 Å². The van der Waals surface area contributed by atoms with Crippen molar-refractivity contribution >= 4 is 32.4 Å². The predicted octanol–water partition coefficient (Wildman–Crippen LogP) is 5.16. The fourth-order valence-electron chi connectivity index (χ4n) is 3.18. The predicted molar refractivity (Wildman–Crippen MR) is 116 cm³/mol. The van der Waals surface area contributed by atoms with Crippen LogP contribution in [0.1, 0.15) is 16.1 Å². The molecule has 0 unspecified atom stereocenters. The first-order valence-corrected chi connectivity index (χ1v) is 11.4. The van der Waals surface area contributed by atoms with Crippen LogP contribution in [0.25, 0.3) is 11.0 Å². The number of amides is 1. The van der Waals surface area contributed by atoms with Crippen molar-refractivity contribution in [2.45, 2.75) is 5.75 Å². The highest BCUT2D eigenvalue weighted by atomic mass is 32.2. The van der Waals surface area contributed by atoms with E-state index in [1.165, 1.54) is 18.2 Å². The van der Waals surface area contributed by atoms with E-state index in [9.17, 15) is 17.6 Å². The fourth-order valence-corrected chi connectivity index (χ4v) is 3.99. The molecule has 0 saturated carbocycles. The van der Waals surface area contributed by atoms with Crippen molar-refractivity contribution in [3.8, 4) is 11.5 Å². The molecule has 0 aliphatic heterocycles. The van der Waals surface area contributed by atoms with Gasteiger partial charge in [-0.3, -0.25) is 4.79 Å². The summed E-state index contributed by atoms with van der Waals surface area (Å²) in [7, 11) is -3.42. The number of carbonyl (C=O) groups is 1. The molecule has 0 spiro atoms. The number of anilines is 1. The molecule has 0 bridgehead atoms. The van der Waals surface area contributed by atoms with Gasteiger partial charge in [-0.25, -0.2) is 12.8 Å². The van der Waals surface area contributed by atoms with Crippen molar-refractivity contribution in [1.29, 1.82) is 0 Å². The number of para-hydroxylation sites is 3. The van der Waals surface area contributed by atoms with Crippen LogP contribution in [0.2, 0.25) is 0 Å². The Labute approximate surface area is 178 Å². The first-order valence-electron chi connectivity index (χ1n) is 9.32. The number of furan rings is 1. The summed E-state index contributed by atoms with van der Waals surface area (Å²) in [4.78, 5) is 13.0. The quantitative estimate of drug-likeness (QED) is 0.448. The number of hydrogen-bond donors (Lipinski definition) is 1. The van der Waals surface area contributed by atoms with Gasteiger partial charge in [-0.05, 0) is 30.3 Å². The number of rotatable bonds is 6. The smallest absolute Gasteiger partial charge is 0.291 e. The number of nitrogens with one attached hydrogen (secondary N) is 1. The Bertz CT molecular complexity index is 1380. The normalized spacial score (nSPS) is 11.4. The standard InChI is InChI=1S/C23H18FNO5S/c1-31(27,28)14-18-17-9-2-4-11-20(17)30-22(18)23(26)25-19-10-3-5-12-21(19)29-16-8-6-7-15(24)13-16/h2-13H,14H2,1H3,(H,25,26). The number of ether oxygens (including phenoxy) is 1. The van der Waals surface area contributed by atoms with Crippen LogP contribution in [0.4, 0.5) is 10.1 Å². The third-order valence-corrected chi connectivity index (χ3v) is 5.28. The van der Waals surface area contributed by atoms with Crippen LogP contribution in [0.5, 0.6) is 11.5 Å². The molecule has 0 fully saturated rings. The largest absolute Gasteiger partial charge is 0.455 e. The van der Waals surface area contributed by atoms with Crippen LogP contribution in [0, 0.1) is 5.82 Å². The Morgan fingerprint density at radius 3 is 2.55 bits per heavy atom. The summed E-state index contributed by atoms with van der Waals surface area (Å²) in [5.74, 6) is -0.941. The van der Waals surface area contributed by atoms with Gasteiger partial charge in [0.1, 0.15) is 17.1 Å². The Balaban J connectivity index is 1.68. The van der Waals surface area contributed by atoms with Gasteiger partial charge in [0, 0.05) is 23.3 Å². The summed E-state index contributed by atoms with van der Waals surface area (Å²) >= 11 is 0. The molecule has 0 radical (unpaired) electrons. The second-order valence-corrected chi connectivity index (χ2v) is 9.13. The second-order valence-electron chi connectivity index (χ2n) is 6.99. The molecule has 4 rings (SSSR count). The lowest BCUT2D eigenvalue weighted by Crippen LogP contribution is -2.15. The highest BCUT2D eigenvalue weighted by Crippen LogP contribution is 2.32. The van der Waals surface area contributed by atoms with Crippen LogP contribution in [-0.4, -0.2) is 20.6 Å². The van der Waals surface area contributed by atoms with E-state index in [4.69, 9.17) is 9.15 Å². The number of carbonyl (C=O) groups excluding carboxylic acids is 1. The molecular weight excluding hydrogens is 421 g/mol. The average Bonchev–Trinajstić information content (AvgIpc) is 3.07. The molecule has 0 atom stereocenters. The lowest BCUT2D eigenvalue weighted by atomic mass is 10.1. The fraction of sp³-hybridized carbons (Fsp3) is 0.0870. The van der Waals surface area contributed by atoms with Crippen molar-refractivity contribution in [1.82, 2.24) is 0 Å². The van der Waals surface area contributed by atoms with Crippen LogP contribution in [0.15, 0.2) is 77.2 Å². The highest BCUT2D eigenvalue weighted by molar-refractivity contribution is 7.89. The van der Waals surface area contributed by atoms with Crippen molar-refractivity contribution in [2.24, 2.45) is 0 Å². The minimum atomic E-state index is -3.42. The van der Waals surface area contributed by atoms with E-state index >= 15 is 0 Å². The number of fused-ring (bicyclic) bond motifs is 1. The van der Waals surface area contributed by atoms with Crippen LogP contribution < -0.4 is 10.1 Å². The third-order valence-electron chi connectivity index (χ3n) is 4.47. The zero-order chi connectivity index (χ0) is 22.0. The maximum atomic E-state index is 13.5. The van der Waals surface area contributed by atoms with Crippen LogP contribution in [-0.2, 0) is 15.6 Å². The summed E-state index contributed by atoms with van der Waals surface area (Å²) in [5, 5.41) is 3.26. The number of sulfone groups is 1. The molecule has 158 valence electrons. The molecule has 1 heterocycles. The Kier molecular flexibility index (Phi) is 5.48. The lowest BCUT2D eigenvalue weighted by molar-refractivity contribution is 0.0997. The summed E-state index contributed by atoms with van der Waals surface area (Å²) in [6.07, 6.45) is 1.10. The Hall–Kier alpha value is -3.65. The highest BCUT2D eigenvalue weighted by Gasteiger charge is 2.24. The van der Waals surface area contributed by atoms with Crippen molar-refractivity contribution in [3.05, 3.63) is 89.9 Å². The van der Waals surface area contributed by atoms with E-state index in [-0.39, 0.29) is 17.3 Å². The molecule has 1 amide bonds. The minimum Gasteiger partial charge on any atom is -0.455 e. The topological polar surface area (TPSA) is 85.6 Å². The molecule has 1 N–H and O–H groups in total. The molecule has 8 heteroatoms. The van der Waals surface area contributed by atoms with Crippen molar-refractivity contribution in [3.63, 3.8) is 0 Å². The maximum Gasteiger partial charge on any atom is 0.291 e. The third kappa shape index (κ3) is 4.75. The molecule has 0 aliphatic carbocycles. The zero-order valence-electron chi connectivity index (χ0n) is 16.5. The van der Waals surface area contributed by atoms with Gasteiger partial charge < -0.3 is 14.5 Å². The summed E-state index contributed by atoms with van der Waals surface area (Å²) in [6.45, 7) is 0. The van der Waals surface area contributed by atoms with Gasteiger partial charge in [-0.1, -0.05) is 36.4 Å². The van der Waals surface area contributed by atoms with Gasteiger partial charge in [-0.15, -0.1) is 0 Å². The van der Waals surface area contributed by atoms with Gasteiger partial charge >= 0.3 is 0 Å². The van der Waals surface area contributed by atoms with E-state index in [2.05, 4.69) is 5.32 Å². The van der Waals surface area contributed by atoms with Crippen LogP contribution >= 0.6 is 0 Å². The molecule has 3 aromatic carbocycles. The first-order chi connectivity index (χ1) is 14.8. The van der Waals surface area contributed by atoms with Gasteiger partial charge in [0.05, 0.1) is 11.4 Å². The SMILES string of the molecule is CS(=O)(=O)Cc1c(C(=O)Nc2ccccc2Oc2cccc(F)c2)oc2ccccc12. The van der Waals surface area contributed by atoms with E-state index in [0.29, 0.717) is 28.0 Å². The Morgan fingerprint density at radius 1 is 1.03 bits per heavy atom. The minimum absolute atomic E-state index is 0.0906. The molecule has 6 nitrogen and oxygen atoms in total. The van der Waals surface area contributed by atoms with Crippen molar-refractivity contribution < 1.29 is 26.8 Å². The number of halogens is 1. The van der Waals surface area contributed by atoms with Gasteiger partial charge in [0.25, 0.3) is 5.91 Å². The van der Waals surface area contributed by atoms with Crippen molar-refractivity contribution in [2.75, 3.05) is 11.6 Å². The molecule has 0 saturated heterocycles. The summed E-state index contributed by atoms with van der Waals surface area (Å²) in [5.41, 5.74) is 1.03.